The van der Waals surface area contributed by atoms with Crippen LogP contribution in [0.3, 0.4) is 0 Å². The zero-order valence-corrected chi connectivity index (χ0v) is 15.8. The quantitative estimate of drug-likeness (QED) is 0.678. The largest absolute Gasteiger partial charge is 0.355 e. The maximum atomic E-state index is 13.0. The molecule has 0 unspecified atom stereocenters. The lowest BCUT2D eigenvalue weighted by Gasteiger charge is -2.38. The van der Waals surface area contributed by atoms with E-state index in [0.717, 1.165) is 43.0 Å². The highest BCUT2D eigenvalue weighted by atomic mass is 16.5. The van der Waals surface area contributed by atoms with Crippen molar-refractivity contribution in [3.05, 3.63) is 47.8 Å². The molecule has 3 aromatic rings. The number of carbonyl (C=O) groups is 1. The van der Waals surface area contributed by atoms with Crippen LogP contribution in [0.15, 0.2) is 40.9 Å². The Bertz CT molecular complexity index is 1040. The first-order chi connectivity index (χ1) is 13.6. The van der Waals surface area contributed by atoms with Crippen molar-refractivity contribution in [3.63, 3.8) is 0 Å². The Labute approximate surface area is 162 Å². The monoisotopic (exact) mass is 376 g/mol. The zero-order chi connectivity index (χ0) is 19.3. The molecule has 1 spiro atoms. The van der Waals surface area contributed by atoms with Gasteiger partial charge in [-0.1, -0.05) is 23.4 Å². The summed E-state index contributed by atoms with van der Waals surface area (Å²) in [6, 6.07) is 11.9. The Hall–Kier alpha value is -3.29. The van der Waals surface area contributed by atoms with E-state index in [1.807, 2.05) is 37.4 Å². The number of para-hydroxylation sites is 1. The topological polar surface area (TPSA) is 88.3 Å². The number of anilines is 2. The van der Waals surface area contributed by atoms with Crippen molar-refractivity contribution >= 4 is 17.4 Å². The van der Waals surface area contributed by atoms with Gasteiger partial charge in [-0.05, 0) is 43.5 Å². The van der Waals surface area contributed by atoms with Gasteiger partial charge in [0.1, 0.15) is 0 Å². The van der Waals surface area contributed by atoms with Gasteiger partial charge < -0.3 is 14.3 Å². The molecule has 0 aliphatic carbocycles. The van der Waals surface area contributed by atoms with Gasteiger partial charge in [0.2, 0.25) is 5.91 Å². The molecule has 8 nitrogen and oxygen atoms in total. The van der Waals surface area contributed by atoms with Crippen LogP contribution in [0.1, 0.15) is 24.2 Å². The molecule has 2 aliphatic rings. The van der Waals surface area contributed by atoms with Crippen LogP contribution in [0.25, 0.3) is 11.6 Å². The number of piperidine rings is 1. The van der Waals surface area contributed by atoms with Crippen molar-refractivity contribution in [2.75, 3.05) is 29.9 Å². The summed E-state index contributed by atoms with van der Waals surface area (Å²) in [6.07, 6.45) is 1.53. The lowest BCUT2D eigenvalue weighted by atomic mass is 9.73. The minimum Gasteiger partial charge on any atom is -0.355 e. The molecule has 2 aromatic heterocycles. The molecule has 1 saturated heterocycles. The van der Waals surface area contributed by atoms with E-state index < -0.39 is 5.41 Å². The summed E-state index contributed by atoms with van der Waals surface area (Å²) in [6.45, 7) is 3.27. The summed E-state index contributed by atoms with van der Waals surface area (Å²) in [5, 5.41) is 12.3. The van der Waals surface area contributed by atoms with Gasteiger partial charge in [-0.15, -0.1) is 10.2 Å². The second-order valence-electron chi connectivity index (χ2n) is 7.37. The molecule has 28 heavy (non-hydrogen) atoms. The number of rotatable bonds is 2. The van der Waals surface area contributed by atoms with Crippen LogP contribution in [-0.4, -0.2) is 46.4 Å². The molecule has 5 rings (SSSR count). The minimum absolute atomic E-state index is 0.196. The molecular weight excluding hydrogens is 356 g/mol. The lowest BCUT2D eigenvalue weighted by molar-refractivity contribution is -0.123. The SMILES string of the molecule is Cc1noc(-c2ccc(N3CCC4(CC3)C(=O)N(C)c3ccccc34)nn2)n1. The van der Waals surface area contributed by atoms with Crippen molar-refractivity contribution in [1.29, 1.82) is 0 Å². The number of hydrogen-bond donors (Lipinski definition) is 0. The summed E-state index contributed by atoms with van der Waals surface area (Å²) in [7, 11) is 1.87. The Kier molecular flexibility index (Phi) is 3.68. The fourth-order valence-electron chi connectivity index (χ4n) is 4.33. The van der Waals surface area contributed by atoms with E-state index in [1.165, 1.54) is 0 Å². The fraction of sp³-hybridized carbons (Fsp3) is 0.350. The third-order valence-corrected chi connectivity index (χ3v) is 5.83. The molecule has 0 atom stereocenters. The Balaban J connectivity index is 1.36. The number of hydrogen-bond acceptors (Lipinski definition) is 7. The molecule has 4 heterocycles. The fourth-order valence-corrected chi connectivity index (χ4v) is 4.33. The molecular formula is C20H20N6O2. The predicted octanol–water partition coefficient (Wildman–Crippen LogP) is 2.35. The number of aryl methyl sites for hydroxylation is 1. The van der Waals surface area contributed by atoms with E-state index in [4.69, 9.17) is 4.52 Å². The number of likely N-dealkylation sites (N-methyl/N-ethyl adjacent to an activating group) is 1. The van der Waals surface area contributed by atoms with E-state index in [9.17, 15) is 4.79 Å². The highest BCUT2D eigenvalue weighted by molar-refractivity contribution is 6.07. The van der Waals surface area contributed by atoms with Gasteiger partial charge in [0.05, 0.1) is 5.41 Å². The molecule has 1 fully saturated rings. The van der Waals surface area contributed by atoms with Crippen molar-refractivity contribution in [3.8, 4) is 11.6 Å². The standard InChI is InChI=1S/C20H20N6O2/c1-13-21-18(28-24-13)15-7-8-17(23-22-15)26-11-9-20(10-12-26)14-5-3-4-6-16(14)25(2)19(20)27/h3-8H,9-12H2,1-2H3. The van der Waals surface area contributed by atoms with Crippen LogP contribution in [0.5, 0.6) is 0 Å². The number of fused-ring (bicyclic) bond motifs is 2. The van der Waals surface area contributed by atoms with Crippen molar-refractivity contribution in [1.82, 2.24) is 20.3 Å². The minimum atomic E-state index is -0.420. The second kappa shape index (κ2) is 6.12. The van der Waals surface area contributed by atoms with Gasteiger partial charge in [0.15, 0.2) is 17.3 Å². The van der Waals surface area contributed by atoms with E-state index in [2.05, 4.69) is 31.3 Å². The van der Waals surface area contributed by atoms with Gasteiger partial charge in [0.25, 0.3) is 5.89 Å². The maximum Gasteiger partial charge on any atom is 0.278 e. The van der Waals surface area contributed by atoms with Crippen LogP contribution in [0.4, 0.5) is 11.5 Å². The van der Waals surface area contributed by atoms with E-state index in [1.54, 1.807) is 11.8 Å². The molecule has 0 saturated carbocycles. The van der Waals surface area contributed by atoms with Gasteiger partial charge in [-0.2, -0.15) is 4.98 Å². The molecule has 0 N–H and O–H groups in total. The number of aromatic nitrogens is 4. The molecule has 0 bridgehead atoms. The van der Waals surface area contributed by atoms with E-state index >= 15 is 0 Å². The molecule has 1 aromatic carbocycles. The van der Waals surface area contributed by atoms with Crippen LogP contribution < -0.4 is 9.80 Å². The maximum absolute atomic E-state index is 13.0. The predicted molar refractivity (Wildman–Crippen MR) is 103 cm³/mol. The summed E-state index contributed by atoms with van der Waals surface area (Å²) in [5.41, 5.74) is 2.31. The Morgan fingerprint density at radius 3 is 2.54 bits per heavy atom. The molecule has 2 aliphatic heterocycles. The molecule has 8 heteroatoms. The summed E-state index contributed by atoms with van der Waals surface area (Å²) >= 11 is 0. The van der Waals surface area contributed by atoms with E-state index in [-0.39, 0.29) is 5.91 Å². The van der Waals surface area contributed by atoms with E-state index in [0.29, 0.717) is 17.4 Å². The number of amides is 1. The third kappa shape index (κ3) is 2.41. The van der Waals surface area contributed by atoms with Crippen LogP contribution in [0, 0.1) is 6.92 Å². The van der Waals surface area contributed by atoms with Crippen molar-refractivity contribution in [2.45, 2.75) is 25.2 Å². The average Bonchev–Trinajstić information content (AvgIpc) is 3.26. The lowest BCUT2D eigenvalue weighted by Crippen LogP contribution is -2.48. The van der Waals surface area contributed by atoms with Gasteiger partial charge in [0, 0.05) is 25.8 Å². The van der Waals surface area contributed by atoms with Gasteiger partial charge in [-0.25, -0.2) is 0 Å². The summed E-state index contributed by atoms with van der Waals surface area (Å²) in [4.78, 5) is 21.2. The number of nitrogens with zero attached hydrogens (tertiary/aromatic N) is 6. The highest BCUT2D eigenvalue weighted by Crippen LogP contribution is 2.47. The van der Waals surface area contributed by atoms with Gasteiger partial charge in [-0.3, -0.25) is 4.79 Å². The van der Waals surface area contributed by atoms with Crippen LogP contribution in [-0.2, 0) is 10.2 Å². The Morgan fingerprint density at radius 1 is 1.07 bits per heavy atom. The Morgan fingerprint density at radius 2 is 1.86 bits per heavy atom. The molecule has 1 amide bonds. The first-order valence-corrected chi connectivity index (χ1v) is 9.35. The second-order valence-corrected chi connectivity index (χ2v) is 7.37. The third-order valence-electron chi connectivity index (χ3n) is 5.83. The smallest absolute Gasteiger partial charge is 0.278 e. The van der Waals surface area contributed by atoms with Crippen LogP contribution >= 0.6 is 0 Å². The normalized spacial score (nSPS) is 18.0. The first kappa shape index (κ1) is 16.9. The highest BCUT2D eigenvalue weighted by Gasteiger charge is 2.50. The van der Waals surface area contributed by atoms with Gasteiger partial charge >= 0.3 is 0 Å². The van der Waals surface area contributed by atoms with Crippen LogP contribution in [0.2, 0.25) is 0 Å². The zero-order valence-electron chi connectivity index (χ0n) is 15.8. The number of carbonyl (C=O) groups excluding carboxylic acids is 1. The summed E-state index contributed by atoms with van der Waals surface area (Å²) < 4.78 is 5.13. The summed E-state index contributed by atoms with van der Waals surface area (Å²) in [5.74, 6) is 1.92. The molecule has 0 radical (unpaired) electrons. The first-order valence-electron chi connectivity index (χ1n) is 9.35. The van der Waals surface area contributed by atoms with Crippen molar-refractivity contribution < 1.29 is 9.32 Å². The molecule has 142 valence electrons. The average molecular weight is 376 g/mol. The number of benzene rings is 1. The van der Waals surface area contributed by atoms with Crippen molar-refractivity contribution in [2.24, 2.45) is 0 Å².